The molecule has 0 fully saturated rings. The van der Waals surface area contributed by atoms with Gasteiger partial charge in [-0.3, -0.25) is 0 Å². The molecule has 11 rings (SSSR count). The van der Waals surface area contributed by atoms with Gasteiger partial charge in [-0.2, -0.15) is 0 Å². The van der Waals surface area contributed by atoms with E-state index in [2.05, 4.69) is 84.9 Å². The van der Waals surface area contributed by atoms with Crippen LogP contribution in [0.1, 0.15) is 0 Å². The van der Waals surface area contributed by atoms with Crippen molar-refractivity contribution in [3.05, 3.63) is 152 Å². The van der Waals surface area contributed by atoms with Crippen LogP contribution in [0, 0.1) is 0 Å². The van der Waals surface area contributed by atoms with Crippen molar-refractivity contribution in [2.45, 2.75) is 0 Å². The molecule has 0 saturated carbocycles. The Hall–Kier alpha value is -6.63. The number of aromatic nitrogens is 3. The Morgan fingerprint density at radius 3 is 1.94 bits per heavy atom. The first-order chi connectivity index (χ1) is 25.3. The zero-order valence-electron chi connectivity index (χ0n) is 27.0. The second-order valence-electron chi connectivity index (χ2n) is 12.7. The van der Waals surface area contributed by atoms with Gasteiger partial charge in [-0.05, 0) is 42.0 Å². The minimum Gasteiger partial charge on any atom is -0.456 e. The van der Waals surface area contributed by atoms with Crippen molar-refractivity contribution in [2.75, 3.05) is 0 Å². The Bertz CT molecular complexity index is 3160. The molecule has 0 saturated heterocycles. The monoisotopic (exact) mass is 671 g/mol. The van der Waals surface area contributed by atoms with E-state index < -0.39 is 0 Å². The van der Waals surface area contributed by atoms with Crippen molar-refractivity contribution >= 4 is 75.4 Å². The summed E-state index contributed by atoms with van der Waals surface area (Å²) in [5, 5.41) is 6.78. The van der Waals surface area contributed by atoms with Gasteiger partial charge in [0.15, 0.2) is 17.5 Å². The molecule has 7 aromatic carbocycles. The summed E-state index contributed by atoms with van der Waals surface area (Å²) in [4.78, 5) is 15.2. The molecule has 238 valence electrons. The van der Waals surface area contributed by atoms with Gasteiger partial charge in [0.25, 0.3) is 0 Å². The van der Waals surface area contributed by atoms with Gasteiger partial charge in [0.2, 0.25) is 0 Å². The molecule has 4 heterocycles. The van der Waals surface area contributed by atoms with Gasteiger partial charge in [-0.25, -0.2) is 15.0 Å². The minimum atomic E-state index is 0.543. The fourth-order valence-electron chi connectivity index (χ4n) is 7.41. The highest BCUT2D eigenvalue weighted by Gasteiger charge is 2.21. The smallest absolute Gasteiger partial charge is 0.167 e. The molecule has 0 aliphatic heterocycles. The van der Waals surface area contributed by atoms with Crippen molar-refractivity contribution < 1.29 is 8.83 Å². The van der Waals surface area contributed by atoms with Gasteiger partial charge in [0, 0.05) is 58.4 Å². The SMILES string of the molecule is c1ccc(-c2nc(-c3ccc4c(c3)oc3ccccc34)nc(-c3cccc4c3oc3cccc(-c5cccc6c5sc5ccccc56)c34)n2)cc1. The molecule has 0 spiro atoms. The molecule has 0 bridgehead atoms. The van der Waals surface area contributed by atoms with Crippen LogP contribution in [0.5, 0.6) is 0 Å². The minimum absolute atomic E-state index is 0.543. The summed E-state index contributed by atoms with van der Waals surface area (Å²) < 4.78 is 15.5. The van der Waals surface area contributed by atoms with Crippen molar-refractivity contribution in [1.29, 1.82) is 0 Å². The fourth-order valence-corrected chi connectivity index (χ4v) is 8.64. The van der Waals surface area contributed by atoms with Gasteiger partial charge < -0.3 is 8.83 Å². The third-order valence-corrected chi connectivity index (χ3v) is 11.0. The number of nitrogens with zero attached hydrogens (tertiary/aromatic N) is 3. The van der Waals surface area contributed by atoms with E-state index in [1.54, 1.807) is 0 Å². The van der Waals surface area contributed by atoms with E-state index in [9.17, 15) is 0 Å². The average molecular weight is 672 g/mol. The number of rotatable bonds is 4. The molecule has 6 heteroatoms. The van der Waals surface area contributed by atoms with Crippen molar-refractivity contribution in [3.63, 3.8) is 0 Å². The number of fused-ring (bicyclic) bond motifs is 9. The second kappa shape index (κ2) is 10.9. The fraction of sp³-hybridized carbons (Fsp3) is 0. The van der Waals surface area contributed by atoms with Crippen molar-refractivity contribution in [2.24, 2.45) is 0 Å². The molecule has 11 aromatic rings. The van der Waals surface area contributed by atoms with Crippen molar-refractivity contribution in [1.82, 2.24) is 15.0 Å². The lowest BCUT2D eigenvalue weighted by molar-refractivity contribution is 0.668. The Labute approximate surface area is 295 Å². The molecule has 51 heavy (non-hydrogen) atoms. The lowest BCUT2D eigenvalue weighted by atomic mass is 9.97. The lowest BCUT2D eigenvalue weighted by Crippen LogP contribution is -2.00. The Kier molecular flexibility index (Phi) is 6.05. The number of furan rings is 2. The first kappa shape index (κ1) is 28.2. The third kappa shape index (κ3) is 4.37. The van der Waals surface area contributed by atoms with Gasteiger partial charge >= 0.3 is 0 Å². The molecule has 0 aliphatic rings. The van der Waals surface area contributed by atoms with E-state index in [1.165, 1.54) is 25.7 Å². The highest BCUT2D eigenvalue weighted by molar-refractivity contribution is 7.26. The molecule has 0 atom stereocenters. The Balaban J connectivity index is 1.13. The first-order valence-electron chi connectivity index (χ1n) is 16.9. The molecule has 0 amide bonds. The summed E-state index contributed by atoms with van der Waals surface area (Å²) in [5.74, 6) is 1.69. The van der Waals surface area contributed by atoms with E-state index in [0.29, 0.717) is 17.5 Å². The maximum atomic E-state index is 6.74. The zero-order chi connectivity index (χ0) is 33.5. The van der Waals surface area contributed by atoms with E-state index >= 15 is 0 Å². The quantitative estimate of drug-likeness (QED) is 0.186. The standard InChI is InChI=1S/C45H25N3O2S/c1-2-11-26(12-3-1)43-46-44(27-23-24-29-28-13-4-6-20-36(28)49-38(29)25-27)48-45(47-43)35-19-9-18-34-40-31(15-10-21-37(40)50-41(34)35)33-17-8-16-32-30-14-5-7-22-39(30)51-42(32)33/h1-25H. The molecule has 0 aliphatic carbocycles. The third-order valence-electron chi connectivity index (χ3n) is 9.76. The van der Waals surface area contributed by atoms with E-state index in [-0.39, 0.29) is 0 Å². The molecule has 0 radical (unpaired) electrons. The molecular weight excluding hydrogens is 647 g/mol. The maximum absolute atomic E-state index is 6.74. The van der Waals surface area contributed by atoms with E-state index in [1.807, 2.05) is 78.1 Å². The van der Waals surface area contributed by atoms with Crippen LogP contribution in [0.25, 0.3) is 109 Å². The average Bonchev–Trinajstić information content (AvgIpc) is 3.89. The summed E-state index contributed by atoms with van der Waals surface area (Å²) in [5.41, 5.74) is 8.10. The number of benzene rings is 7. The first-order valence-corrected chi connectivity index (χ1v) is 17.7. The Morgan fingerprint density at radius 1 is 0.392 bits per heavy atom. The number of thiophene rings is 1. The van der Waals surface area contributed by atoms with Crippen molar-refractivity contribution in [3.8, 4) is 45.3 Å². The highest BCUT2D eigenvalue weighted by Crippen LogP contribution is 2.45. The van der Waals surface area contributed by atoms with Gasteiger partial charge in [0.1, 0.15) is 22.3 Å². The summed E-state index contributed by atoms with van der Waals surface area (Å²) in [7, 11) is 0. The summed E-state index contributed by atoms with van der Waals surface area (Å²) in [6.45, 7) is 0. The van der Waals surface area contributed by atoms with Crippen LogP contribution < -0.4 is 0 Å². The predicted molar refractivity (Wildman–Crippen MR) is 209 cm³/mol. The summed E-state index contributed by atoms with van der Waals surface area (Å²) >= 11 is 1.84. The Morgan fingerprint density at radius 2 is 1.04 bits per heavy atom. The van der Waals surface area contributed by atoms with E-state index in [0.717, 1.165) is 66.1 Å². The van der Waals surface area contributed by atoms with Crippen LogP contribution in [-0.2, 0) is 0 Å². The van der Waals surface area contributed by atoms with Crippen LogP contribution in [0.4, 0.5) is 0 Å². The normalized spacial score (nSPS) is 11.9. The van der Waals surface area contributed by atoms with Crippen LogP contribution in [0.2, 0.25) is 0 Å². The maximum Gasteiger partial charge on any atom is 0.167 e. The van der Waals surface area contributed by atoms with Gasteiger partial charge in [0.05, 0.1) is 5.56 Å². The van der Waals surface area contributed by atoms with Crippen LogP contribution in [0.15, 0.2) is 160 Å². The molecular formula is C45H25N3O2S. The van der Waals surface area contributed by atoms with Gasteiger partial charge in [-0.1, -0.05) is 115 Å². The zero-order valence-corrected chi connectivity index (χ0v) is 27.8. The van der Waals surface area contributed by atoms with Crippen LogP contribution in [0.3, 0.4) is 0 Å². The summed E-state index contributed by atoms with van der Waals surface area (Å²) in [6.07, 6.45) is 0. The second-order valence-corrected chi connectivity index (χ2v) is 13.8. The topological polar surface area (TPSA) is 65.0 Å². The molecule has 0 N–H and O–H groups in total. The van der Waals surface area contributed by atoms with E-state index in [4.69, 9.17) is 23.8 Å². The number of para-hydroxylation sites is 2. The summed E-state index contributed by atoms with van der Waals surface area (Å²) in [6, 6.07) is 52.1. The largest absolute Gasteiger partial charge is 0.456 e. The molecule has 4 aromatic heterocycles. The van der Waals surface area contributed by atoms with Crippen LogP contribution >= 0.6 is 11.3 Å². The van der Waals surface area contributed by atoms with Crippen LogP contribution in [-0.4, -0.2) is 15.0 Å². The molecule has 5 nitrogen and oxygen atoms in total. The number of hydrogen-bond donors (Lipinski definition) is 0. The lowest BCUT2D eigenvalue weighted by Gasteiger charge is -2.09. The van der Waals surface area contributed by atoms with Gasteiger partial charge in [-0.15, -0.1) is 11.3 Å². The highest BCUT2D eigenvalue weighted by atomic mass is 32.1. The number of hydrogen-bond acceptors (Lipinski definition) is 6. The molecule has 0 unspecified atom stereocenters. The predicted octanol–water partition coefficient (Wildman–Crippen LogP) is 12.7.